The van der Waals surface area contributed by atoms with E-state index in [1.165, 1.54) is 12.1 Å². The van der Waals surface area contributed by atoms with Gasteiger partial charge in [-0.2, -0.15) is 0 Å². The molecule has 0 spiro atoms. The molecule has 0 saturated heterocycles. The zero-order chi connectivity index (χ0) is 15.0. The molecule has 0 aromatic heterocycles. The average Bonchev–Trinajstić information content (AvgIpc) is 2.46. The van der Waals surface area contributed by atoms with Crippen molar-refractivity contribution in [2.75, 3.05) is 11.4 Å². The van der Waals surface area contributed by atoms with Gasteiger partial charge in [-0.15, -0.1) is 0 Å². The number of aliphatic carboxylic acids is 1. The Morgan fingerprint density at radius 3 is 2.62 bits per heavy atom. The van der Waals surface area contributed by atoms with Crippen LogP contribution < -0.4 is 4.90 Å². The van der Waals surface area contributed by atoms with Crippen molar-refractivity contribution >= 4 is 23.3 Å². The summed E-state index contributed by atoms with van der Waals surface area (Å²) in [5, 5.41) is 10.2. The van der Waals surface area contributed by atoms with Gasteiger partial charge < -0.3 is 10.0 Å². The van der Waals surface area contributed by atoms with Crippen LogP contribution in [0.25, 0.3) is 0 Å². The van der Waals surface area contributed by atoms with E-state index in [2.05, 4.69) is 0 Å². The number of carboxylic acid groups (broad SMARTS) is 1. The highest BCUT2D eigenvalue weighted by atomic mass is 35.5. The van der Waals surface area contributed by atoms with Gasteiger partial charge in [0, 0.05) is 17.3 Å². The third-order valence-corrected chi connectivity index (χ3v) is 3.96. The first-order valence-electron chi connectivity index (χ1n) is 6.59. The van der Waals surface area contributed by atoms with Crippen molar-refractivity contribution in [3.8, 4) is 0 Å². The van der Waals surface area contributed by atoms with Gasteiger partial charge in [0.2, 0.25) is 0 Å². The number of halogens is 2. The second-order valence-electron chi connectivity index (χ2n) is 5.00. The second-order valence-corrected chi connectivity index (χ2v) is 5.44. The van der Waals surface area contributed by atoms with E-state index < -0.39 is 12.0 Å². The Morgan fingerprint density at radius 1 is 1.24 bits per heavy atom. The third-order valence-electron chi connectivity index (χ3n) is 3.73. The van der Waals surface area contributed by atoms with Gasteiger partial charge in [-0.25, -0.2) is 9.18 Å². The lowest BCUT2D eigenvalue weighted by atomic mass is 9.92. The van der Waals surface area contributed by atoms with Crippen molar-refractivity contribution in [1.82, 2.24) is 0 Å². The van der Waals surface area contributed by atoms with Crippen LogP contribution in [0.4, 0.5) is 10.1 Å². The summed E-state index contributed by atoms with van der Waals surface area (Å²) in [7, 11) is 0. The van der Waals surface area contributed by atoms with Gasteiger partial charge in [0.1, 0.15) is 5.82 Å². The molecule has 0 unspecified atom stereocenters. The summed E-state index contributed by atoms with van der Waals surface area (Å²) in [5.41, 5.74) is 2.39. The molecule has 21 heavy (non-hydrogen) atoms. The number of hydrogen-bond donors (Lipinski definition) is 1. The number of hydrogen-bond acceptors (Lipinski definition) is 2. The molecule has 1 heterocycles. The highest BCUT2D eigenvalue weighted by Gasteiger charge is 2.33. The first-order chi connectivity index (χ1) is 10.1. The van der Waals surface area contributed by atoms with Crippen LogP contribution >= 0.6 is 11.6 Å². The summed E-state index contributed by atoms with van der Waals surface area (Å²) in [4.78, 5) is 13.5. The van der Waals surface area contributed by atoms with Crippen molar-refractivity contribution in [3.05, 3.63) is 64.4 Å². The zero-order valence-corrected chi connectivity index (χ0v) is 11.8. The van der Waals surface area contributed by atoms with Crippen LogP contribution in [0.1, 0.15) is 17.2 Å². The molecule has 1 atom stereocenters. The van der Waals surface area contributed by atoms with E-state index >= 15 is 0 Å². The number of carboxylic acids is 1. The van der Waals surface area contributed by atoms with Crippen LogP contribution in [-0.4, -0.2) is 17.6 Å². The van der Waals surface area contributed by atoms with Crippen molar-refractivity contribution in [2.24, 2.45) is 0 Å². The molecule has 3 rings (SSSR count). The lowest BCUT2D eigenvalue weighted by molar-refractivity contribution is -0.138. The summed E-state index contributed by atoms with van der Waals surface area (Å²) in [6.45, 7) is 0.552. The molecule has 0 amide bonds. The fourth-order valence-corrected chi connectivity index (χ4v) is 2.97. The van der Waals surface area contributed by atoms with Crippen molar-refractivity contribution in [1.29, 1.82) is 0 Å². The number of benzene rings is 2. The highest BCUT2D eigenvalue weighted by Crippen LogP contribution is 2.35. The molecule has 108 valence electrons. The Balaban J connectivity index is 2.05. The Hall–Kier alpha value is -2.07. The van der Waals surface area contributed by atoms with E-state index in [1.807, 2.05) is 6.07 Å². The van der Waals surface area contributed by atoms with Crippen molar-refractivity contribution < 1.29 is 14.3 Å². The molecule has 1 N–H and O–H groups in total. The fraction of sp³-hybridized carbons (Fsp3) is 0.188. The van der Waals surface area contributed by atoms with Gasteiger partial charge in [0.05, 0.1) is 0 Å². The number of nitrogens with zero attached hydrogens (tertiary/aromatic N) is 1. The van der Waals surface area contributed by atoms with Crippen LogP contribution in [0.3, 0.4) is 0 Å². The first-order valence-corrected chi connectivity index (χ1v) is 6.97. The van der Waals surface area contributed by atoms with Gasteiger partial charge in [-0.3, -0.25) is 0 Å². The Bertz CT molecular complexity index is 687. The minimum atomic E-state index is -0.928. The zero-order valence-electron chi connectivity index (χ0n) is 11.1. The summed E-state index contributed by atoms with van der Waals surface area (Å²) in [6, 6.07) is 10.4. The van der Waals surface area contributed by atoms with E-state index in [4.69, 9.17) is 11.6 Å². The van der Waals surface area contributed by atoms with Crippen molar-refractivity contribution in [3.63, 3.8) is 0 Å². The molecular formula is C16H13ClFNO2. The van der Waals surface area contributed by atoms with Crippen LogP contribution in [-0.2, 0) is 11.2 Å². The minimum absolute atomic E-state index is 0.338. The van der Waals surface area contributed by atoms with E-state index in [1.54, 1.807) is 29.2 Å². The molecule has 0 bridgehead atoms. The molecule has 1 aliphatic heterocycles. The van der Waals surface area contributed by atoms with Crippen LogP contribution in [0, 0.1) is 5.82 Å². The maximum absolute atomic E-state index is 13.0. The smallest absolute Gasteiger partial charge is 0.331 e. The molecule has 0 fully saturated rings. The molecule has 3 nitrogen and oxygen atoms in total. The average molecular weight is 306 g/mol. The lowest BCUT2D eigenvalue weighted by Crippen LogP contribution is -2.39. The van der Waals surface area contributed by atoms with Gasteiger partial charge in [-0.1, -0.05) is 17.7 Å². The number of fused-ring (bicyclic) bond motifs is 1. The van der Waals surface area contributed by atoms with Crippen LogP contribution in [0.15, 0.2) is 42.5 Å². The Kier molecular flexibility index (Phi) is 3.55. The van der Waals surface area contributed by atoms with Gasteiger partial charge in [0.15, 0.2) is 6.04 Å². The predicted molar refractivity (Wildman–Crippen MR) is 79.3 cm³/mol. The van der Waals surface area contributed by atoms with E-state index in [0.29, 0.717) is 23.7 Å². The maximum atomic E-state index is 13.0. The number of anilines is 1. The molecule has 0 aliphatic carbocycles. The molecule has 0 radical (unpaired) electrons. The topological polar surface area (TPSA) is 40.5 Å². The van der Waals surface area contributed by atoms with Crippen molar-refractivity contribution in [2.45, 2.75) is 12.5 Å². The largest absolute Gasteiger partial charge is 0.479 e. The lowest BCUT2D eigenvalue weighted by Gasteiger charge is -2.36. The fourth-order valence-electron chi connectivity index (χ4n) is 2.77. The quantitative estimate of drug-likeness (QED) is 0.920. The SMILES string of the molecule is O=C(O)[C@H]1c2ccc(Cl)cc2CCN1c1ccc(F)cc1. The molecule has 1 aliphatic rings. The highest BCUT2D eigenvalue weighted by molar-refractivity contribution is 6.30. The van der Waals surface area contributed by atoms with E-state index in [9.17, 15) is 14.3 Å². The molecule has 0 saturated carbocycles. The summed E-state index contributed by atoms with van der Waals surface area (Å²) >= 11 is 5.97. The summed E-state index contributed by atoms with van der Waals surface area (Å²) in [6.07, 6.45) is 0.705. The molecule has 2 aromatic rings. The Labute approximate surface area is 126 Å². The molecule has 5 heteroatoms. The van der Waals surface area contributed by atoms with Gasteiger partial charge in [0.25, 0.3) is 0 Å². The maximum Gasteiger partial charge on any atom is 0.331 e. The minimum Gasteiger partial charge on any atom is -0.479 e. The summed E-state index contributed by atoms with van der Waals surface area (Å²) < 4.78 is 13.0. The predicted octanol–water partition coefficient (Wildman–Crippen LogP) is 3.67. The van der Waals surface area contributed by atoms with E-state index in [0.717, 1.165) is 11.1 Å². The second kappa shape index (κ2) is 5.37. The molecular weight excluding hydrogens is 293 g/mol. The van der Waals surface area contributed by atoms with Crippen LogP contribution in [0.5, 0.6) is 0 Å². The van der Waals surface area contributed by atoms with Crippen LogP contribution in [0.2, 0.25) is 5.02 Å². The summed E-state index contributed by atoms with van der Waals surface area (Å²) in [5.74, 6) is -1.27. The first kappa shape index (κ1) is 13.9. The Morgan fingerprint density at radius 2 is 1.95 bits per heavy atom. The number of rotatable bonds is 2. The van der Waals surface area contributed by atoms with Gasteiger partial charge in [-0.05, 0) is 53.9 Å². The van der Waals surface area contributed by atoms with E-state index in [-0.39, 0.29) is 5.82 Å². The molecule has 2 aromatic carbocycles. The monoisotopic (exact) mass is 305 g/mol. The third kappa shape index (κ3) is 2.59. The number of carbonyl (C=O) groups is 1. The normalized spacial score (nSPS) is 17.4. The van der Waals surface area contributed by atoms with Gasteiger partial charge >= 0.3 is 5.97 Å². The standard InChI is InChI=1S/C16H13ClFNO2/c17-11-1-6-14-10(9-11)7-8-19(15(14)16(20)21)13-4-2-12(18)3-5-13/h1-6,9,15H,7-8H2,(H,20,21)/t15-/m1/s1.